The van der Waals surface area contributed by atoms with Crippen LogP contribution in [0.3, 0.4) is 0 Å². The second-order valence-electron chi connectivity index (χ2n) is 6.84. The fraction of sp³-hybridized carbons (Fsp3) is 0.474. The van der Waals surface area contributed by atoms with Crippen molar-refractivity contribution in [1.29, 1.82) is 0 Å². The summed E-state index contributed by atoms with van der Waals surface area (Å²) in [6.45, 7) is 5.64. The Morgan fingerprint density at radius 2 is 2.07 bits per heavy atom. The minimum atomic E-state index is -3.07. The quantitative estimate of drug-likeness (QED) is 0.720. The van der Waals surface area contributed by atoms with Gasteiger partial charge in [0.25, 0.3) is 5.91 Å². The fourth-order valence-electron chi connectivity index (χ4n) is 3.54. The van der Waals surface area contributed by atoms with Crippen LogP contribution in [-0.2, 0) is 14.6 Å². The van der Waals surface area contributed by atoms with Gasteiger partial charge in [0.1, 0.15) is 11.3 Å². The van der Waals surface area contributed by atoms with E-state index in [0.29, 0.717) is 29.9 Å². The van der Waals surface area contributed by atoms with Gasteiger partial charge in [-0.3, -0.25) is 4.79 Å². The zero-order chi connectivity index (χ0) is 19.8. The number of fused-ring (bicyclic) bond motifs is 1. The molecule has 8 heteroatoms. The number of rotatable bonds is 5. The average Bonchev–Trinajstić information content (AvgIpc) is 2.95. The highest BCUT2D eigenvalue weighted by molar-refractivity contribution is 7.91. The van der Waals surface area contributed by atoms with E-state index in [1.807, 2.05) is 13.8 Å². The number of nitrogens with zero attached hydrogens (tertiary/aromatic N) is 1. The van der Waals surface area contributed by atoms with Crippen LogP contribution in [0.5, 0.6) is 5.75 Å². The van der Waals surface area contributed by atoms with E-state index in [2.05, 4.69) is 0 Å². The number of hydrogen-bond acceptors (Lipinski definition) is 6. The second-order valence-corrected chi connectivity index (χ2v) is 9.07. The normalized spacial score (nSPS) is 18.6. The summed E-state index contributed by atoms with van der Waals surface area (Å²) in [5.74, 6) is 0.320. The molecule has 2 aromatic rings. The van der Waals surface area contributed by atoms with E-state index >= 15 is 0 Å². The maximum atomic E-state index is 12.6. The first-order valence-corrected chi connectivity index (χ1v) is 10.7. The molecule has 1 atom stereocenters. The summed E-state index contributed by atoms with van der Waals surface area (Å²) in [4.78, 5) is 25.8. The number of sulfone groups is 1. The maximum absolute atomic E-state index is 12.6. The van der Waals surface area contributed by atoms with Crippen molar-refractivity contribution in [2.24, 2.45) is 0 Å². The van der Waals surface area contributed by atoms with E-state index < -0.39 is 15.5 Å². The molecule has 7 nitrogen and oxygen atoms in total. The molecule has 0 unspecified atom stereocenters. The zero-order valence-corrected chi connectivity index (χ0v) is 16.5. The molecule has 1 aromatic heterocycles. The molecule has 1 fully saturated rings. The van der Waals surface area contributed by atoms with Gasteiger partial charge in [-0.25, -0.2) is 13.2 Å². The lowest BCUT2D eigenvalue weighted by atomic mass is 10.1. The lowest BCUT2D eigenvalue weighted by Gasteiger charge is -2.27. The summed E-state index contributed by atoms with van der Waals surface area (Å²) in [7, 11) is -3.07. The number of ether oxygens (including phenoxy) is 1. The van der Waals surface area contributed by atoms with Crippen molar-refractivity contribution in [3.05, 3.63) is 39.7 Å². The molecule has 0 saturated carbocycles. The molecule has 0 bridgehead atoms. The zero-order valence-electron chi connectivity index (χ0n) is 15.6. The van der Waals surface area contributed by atoms with Crippen molar-refractivity contribution >= 4 is 26.7 Å². The Hall–Kier alpha value is -2.35. The van der Waals surface area contributed by atoms with E-state index in [1.165, 1.54) is 6.07 Å². The smallest absolute Gasteiger partial charge is 0.336 e. The van der Waals surface area contributed by atoms with Gasteiger partial charge in [0.2, 0.25) is 0 Å². The van der Waals surface area contributed by atoms with E-state index in [4.69, 9.17) is 9.15 Å². The predicted octanol–water partition coefficient (Wildman–Crippen LogP) is 1.82. The third kappa shape index (κ3) is 4.00. The topological polar surface area (TPSA) is 93.9 Å². The summed E-state index contributed by atoms with van der Waals surface area (Å²) < 4.78 is 34.3. The van der Waals surface area contributed by atoms with Crippen LogP contribution in [0.25, 0.3) is 11.0 Å². The van der Waals surface area contributed by atoms with Crippen molar-refractivity contribution < 1.29 is 22.4 Å². The largest absolute Gasteiger partial charge is 0.483 e. The third-order valence-corrected chi connectivity index (χ3v) is 6.73. The van der Waals surface area contributed by atoms with Crippen molar-refractivity contribution in [3.63, 3.8) is 0 Å². The molecular formula is C19H23NO6S. The molecule has 27 heavy (non-hydrogen) atoms. The predicted molar refractivity (Wildman–Crippen MR) is 102 cm³/mol. The van der Waals surface area contributed by atoms with Crippen LogP contribution in [-0.4, -0.2) is 49.9 Å². The molecule has 1 aliphatic heterocycles. The third-order valence-electron chi connectivity index (χ3n) is 4.98. The van der Waals surface area contributed by atoms with Gasteiger partial charge in [0.05, 0.1) is 11.5 Å². The standard InChI is InChI=1S/C19H23NO6S/c1-4-20(14-7-8-27(23,24)11-14)17(21)10-25-16-6-5-15-12(2)9-18(22)26-19(15)13(16)3/h5-6,9,14H,4,7-8,10-11H2,1-3H3/t14-/m0/s1. The van der Waals surface area contributed by atoms with E-state index in [-0.39, 0.29) is 30.1 Å². The van der Waals surface area contributed by atoms with Gasteiger partial charge in [-0.15, -0.1) is 0 Å². The van der Waals surface area contributed by atoms with E-state index in [0.717, 1.165) is 10.9 Å². The summed E-state index contributed by atoms with van der Waals surface area (Å²) in [6, 6.07) is 4.67. The van der Waals surface area contributed by atoms with Gasteiger partial charge in [0, 0.05) is 29.6 Å². The lowest BCUT2D eigenvalue weighted by molar-refractivity contribution is -0.135. The van der Waals surface area contributed by atoms with Gasteiger partial charge >= 0.3 is 5.63 Å². The number of likely N-dealkylation sites (N-methyl/N-ethyl adjacent to an activating group) is 1. The second kappa shape index (κ2) is 7.34. The van der Waals surface area contributed by atoms with Crippen molar-refractivity contribution in [2.45, 2.75) is 33.2 Å². The van der Waals surface area contributed by atoms with Crippen LogP contribution in [0, 0.1) is 13.8 Å². The Kier molecular flexibility index (Phi) is 5.28. The Balaban J connectivity index is 1.77. The Morgan fingerprint density at radius 1 is 1.33 bits per heavy atom. The Bertz CT molecular complexity index is 1040. The number of carbonyl (C=O) groups is 1. The van der Waals surface area contributed by atoms with Gasteiger partial charge in [-0.05, 0) is 44.9 Å². The molecule has 0 aliphatic carbocycles. The summed E-state index contributed by atoms with van der Waals surface area (Å²) in [6.07, 6.45) is 0.460. The summed E-state index contributed by atoms with van der Waals surface area (Å²) >= 11 is 0. The highest BCUT2D eigenvalue weighted by Crippen LogP contribution is 2.28. The molecule has 1 saturated heterocycles. The number of carbonyl (C=O) groups excluding carboxylic acids is 1. The van der Waals surface area contributed by atoms with Crippen LogP contribution in [0.2, 0.25) is 0 Å². The van der Waals surface area contributed by atoms with Gasteiger partial charge in [-0.1, -0.05) is 0 Å². The molecule has 0 radical (unpaired) electrons. The van der Waals surface area contributed by atoms with Gasteiger partial charge in [-0.2, -0.15) is 0 Å². The van der Waals surface area contributed by atoms with Gasteiger partial charge in [0.15, 0.2) is 16.4 Å². The molecule has 0 N–H and O–H groups in total. The number of amides is 1. The Morgan fingerprint density at radius 3 is 2.70 bits per heavy atom. The highest BCUT2D eigenvalue weighted by atomic mass is 32.2. The maximum Gasteiger partial charge on any atom is 0.336 e. The molecule has 1 aliphatic rings. The van der Waals surface area contributed by atoms with Gasteiger partial charge < -0.3 is 14.1 Å². The number of hydrogen-bond donors (Lipinski definition) is 0. The first kappa shape index (κ1) is 19.4. The van der Waals surface area contributed by atoms with Crippen LogP contribution in [0.4, 0.5) is 0 Å². The fourth-order valence-corrected chi connectivity index (χ4v) is 5.27. The minimum absolute atomic E-state index is 0.00597. The summed E-state index contributed by atoms with van der Waals surface area (Å²) in [5, 5.41) is 0.817. The molecule has 1 amide bonds. The first-order valence-electron chi connectivity index (χ1n) is 8.88. The molecule has 2 heterocycles. The van der Waals surface area contributed by atoms with Crippen LogP contribution in [0.15, 0.2) is 27.4 Å². The number of aryl methyl sites for hydroxylation is 2. The molecule has 1 aromatic carbocycles. The SMILES string of the molecule is CCN(C(=O)COc1ccc2c(C)cc(=O)oc2c1C)[C@H]1CCS(=O)(=O)C1. The first-order chi connectivity index (χ1) is 12.7. The number of benzene rings is 1. The average molecular weight is 393 g/mol. The summed E-state index contributed by atoms with van der Waals surface area (Å²) in [5.41, 5.74) is 1.47. The molecule has 3 rings (SSSR count). The van der Waals surface area contributed by atoms with Crippen molar-refractivity contribution in [2.75, 3.05) is 24.7 Å². The van der Waals surface area contributed by atoms with Crippen LogP contribution in [0.1, 0.15) is 24.5 Å². The van der Waals surface area contributed by atoms with Crippen LogP contribution >= 0.6 is 0 Å². The monoisotopic (exact) mass is 393 g/mol. The van der Waals surface area contributed by atoms with Crippen molar-refractivity contribution in [3.8, 4) is 5.75 Å². The van der Waals surface area contributed by atoms with Crippen molar-refractivity contribution in [1.82, 2.24) is 4.90 Å². The lowest BCUT2D eigenvalue weighted by Crippen LogP contribution is -2.43. The molecule has 0 spiro atoms. The Labute approximate surface area is 157 Å². The minimum Gasteiger partial charge on any atom is -0.483 e. The molecular weight excluding hydrogens is 370 g/mol. The van der Waals surface area contributed by atoms with E-state index in [1.54, 1.807) is 24.0 Å². The van der Waals surface area contributed by atoms with Crippen LogP contribution < -0.4 is 10.4 Å². The molecule has 146 valence electrons. The van der Waals surface area contributed by atoms with E-state index in [9.17, 15) is 18.0 Å². The highest BCUT2D eigenvalue weighted by Gasteiger charge is 2.34.